The third kappa shape index (κ3) is 2.85. The second-order valence-corrected chi connectivity index (χ2v) is 3.72. The quantitative estimate of drug-likeness (QED) is 0.901. The smallest absolute Gasteiger partial charge is 0.338 e. The van der Waals surface area contributed by atoms with Gasteiger partial charge < -0.3 is 9.84 Å². The third-order valence-corrected chi connectivity index (χ3v) is 2.41. The van der Waals surface area contributed by atoms with Crippen LogP contribution >= 0.6 is 0 Å². The maximum atomic E-state index is 13.4. The van der Waals surface area contributed by atoms with Crippen LogP contribution in [0.2, 0.25) is 0 Å². The highest BCUT2D eigenvalue weighted by molar-refractivity contribution is 5.87. The van der Waals surface area contributed by atoms with Gasteiger partial charge in [-0.05, 0) is 29.8 Å². The summed E-state index contributed by atoms with van der Waals surface area (Å²) < 4.78 is 18.8. The molecule has 0 saturated carbocycles. The van der Waals surface area contributed by atoms with E-state index in [1.165, 1.54) is 18.2 Å². The predicted octanol–water partition coefficient (Wildman–Crippen LogP) is 3.10. The summed E-state index contributed by atoms with van der Waals surface area (Å²) in [7, 11) is 0. The molecule has 2 rings (SSSR count). The zero-order chi connectivity index (χ0) is 13.0. The Balaban J connectivity index is 2.07. The SMILES string of the molecule is O=C(O)c1ccc(COc2ccccc2)cc1F. The molecular weight excluding hydrogens is 235 g/mol. The average molecular weight is 246 g/mol. The number of benzene rings is 2. The Labute approximate surface area is 103 Å². The highest BCUT2D eigenvalue weighted by Crippen LogP contribution is 2.14. The van der Waals surface area contributed by atoms with Crippen LogP contribution in [0.25, 0.3) is 0 Å². The summed E-state index contributed by atoms with van der Waals surface area (Å²) in [5.41, 5.74) is 0.250. The maximum Gasteiger partial charge on any atom is 0.338 e. The molecular formula is C14H11FO3. The monoisotopic (exact) mass is 246 g/mol. The van der Waals surface area contributed by atoms with Crippen LogP contribution in [0.5, 0.6) is 5.75 Å². The van der Waals surface area contributed by atoms with Crippen LogP contribution in [0.4, 0.5) is 4.39 Å². The number of carboxylic acids is 1. The minimum Gasteiger partial charge on any atom is -0.489 e. The predicted molar refractivity (Wildman–Crippen MR) is 64.1 cm³/mol. The van der Waals surface area contributed by atoms with Gasteiger partial charge in [0.2, 0.25) is 0 Å². The molecule has 0 saturated heterocycles. The normalized spacial score (nSPS) is 10.1. The highest BCUT2D eigenvalue weighted by atomic mass is 19.1. The molecule has 0 radical (unpaired) electrons. The zero-order valence-corrected chi connectivity index (χ0v) is 9.47. The van der Waals surface area contributed by atoms with E-state index in [0.29, 0.717) is 11.3 Å². The summed E-state index contributed by atoms with van der Waals surface area (Å²) in [5.74, 6) is -1.35. The lowest BCUT2D eigenvalue weighted by Gasteiger charge is -2.06. The highest BCUT2D eigenvalue weighted by Gasteiger charge is 2.10. The first-order chi connectivity index (χ1) is 8.66. The molecule has 2 aromatic carbocycles. The Morgan fingerprint density at radius 3 is 2.50 bits per heavy atom. The van der Waals surface area contributed by atoms with Crippen molar-refractivity contribution in [2.45, 2.75) is 6.61 Å². The van der Waals surface area contributed by atoms with E-state index in [1.807, 2.05) is 18.2 Å². The first-order valence-corrected chi connectivity index (χ1v) is 5.36. The lowest BCUT2D eigenvalue weighted by Crippen LogP contribution is -2.02. The van der Waals surface area contributed by atoms with Crippen molar-refractivity contribution < 1.29 is 19.0 Å². The fourth-order valence-electron chi connectivity index (χ4n) is 1.51. The minimum atomic E-state index is -1.27. The lowest BCUT2D eigenvalue weighted by atomic mass is 10.1. The molecule has 0 spiro atoms. The van der Waals surface area contributed by atoms with Crippen LogP contribution < -0.4 is 4.74 Å². The van der Waals surface area contributed by atoms with E-state index < -0.39 is 11.8 Å². The first-order valence-electron chi connectivity index (χ1n) is 5.36. The zero-order valence-electron chi connectivity index (χ0n) is 9.47. The van der Waals surface area contributed by atoms with Crippen molar-refractivity contribution in [2.24, 2.45) is 0 Å². The fraction of sp³-hybridized carbons (Fsp3) is 0.0714. The van der Waals surface area contributed by atoms with E-state index in [9.17, 15) is 9.18 Å². The summed E-state index contributed by atoms with van der Waals surface area (Å²) in [5, 5.41) is 8.69. The van der Waals surface area contributed by atoms with Crippen molar-refractivity contribution >= 4 is 5.97 Å². The van der Waals surface area contributed by atoms with Crippen molar-refractivity contribution in [1.82, 2.24) is 0 Å². The van der Waals surface area contributed by atoms with Gasteiger partial charge in [0.25, 0.3) is 0 Å². The summed E-state index contributed by atoms with van der Waals surface area (Å²) in [4.78, 5) is 10.6. The van der Waals surface area contributed by atoms with Crippen LogP contribution in [0.3, 0.4) is 0 Å². The molecule has 0 fully saturated rings. The van der Waals surface area contributed by atoms with Crippen LogP contribution in [0.15, 0.2) is 48.5 Å². The topological polar surface area (TPSA) is 46.5 Å². The number of hydrogen-bond acceptors (Lipinski definition) is 2. The Morgan fingerprint density at radius 1 is 1.17 bits per heavy atom. The molecule has 0 heterocycles. The summed E-state index contributed by atoms with van der Waals surface area (Å²) in [6.45, 7) is 0.195. The van der Waals surface area contributed by atoms with Gasteiger partial charge in [-0.15, -0.1) is 0 Å². The lowest BCUT2D eigenvalue weighted by molar-refractivity contribution is 0.0692. The molecule has 0 aromatic heterocycles. The molecule has 4 heteroatoms. The largest absolute Gasteiger partial charge is 0.489 e. The summed E-state index contributed by atoms with van der Waals surface area (Å²) in [6.07, 6.45) is 0. The van der Waals surface area contributed by atoms with Gasteiger partial charge in [-0.25, -0.2) is 9.18 Å². The number of carboxylic acid groups (broad SMARTS) is 1. The van der Waals surface area contributed by atoms with E-state index in [-0.39, 0.29) is 12.2 Å². The van der Waals surface area contributed by atoms with Gasteiger partial charge in [-0.3, -0.25) is 0 Å². The van der Waals surface area contributed by atoms with E-state index in [4.69, 9.17) is 9.84 Å². The summed E-state index contributed by atoms with van der Waals surface area (Å²) in [6, 6.07) is 13.1. The molecule has 0 bridgehead atoms. The van der Waals surface area contributed by atoms with Crippen molar-refractivity contribution in [3.8, 4) is 5.75 Å². The maximum absolute atomic E-state index is 13.4. The number of para-hydroxylation sites is 1. The molecule has 0 atom stereocenters. The first kappa shape index (κ1) is 12.1. The van der Waals surface area contributed by atoms with Gasteiger partial charge in [0, 0.05) is 0 Å². The number of ether oxygens (including phenoxy) is 1. The van der Waals surface area contributed by atoms with Gasteiger partial charge in [-0.2, -0.15) is 0 Å². The number of carbonyl (C=O) groups is 1. The Kier molecular flexibility index (Phi) is 3.57. The van der Waals surface area contributed by atoms with E-state index in [1.54, 1.807) is 12.1 Å². The second-order valence-electron chi connectivity index (χ2n) is 3.72. The van der Waals surface area contributed by atoms with Crippen molar-refractivity contribution in [3.05, 3.63) is 65.5 Å². The van der Waals surface area contributed by atoms with E-state index in [0.717, 1.165) is 0 Å². The van der Waals surface area contributed by atoms with Gasteiger partial charge in [-0.1, -0.05) is 24.3 Å². The number of aromatic carboxylic acids is 1. The third-order valence-electron chi connectivity index (χ3n) is 2.41. The van der Waals surface area contributed by atoms with Crippen LogP contribution in [0, 0.1) is 5.82 Å². The molecule has 0 aliphatic heterocycles. The molecule has 0 unspecified atom stereocenters. The molecule has 3 nitrogen and oxygen atoms in total. The molecule has 1 N–H and O–H groups in total. The Morgan fingerprint density at radius 2 is 1.89 bits per heavy atom. The molecule has 0 aliphatic carbocycles. The van der Waals surface area contributed by atoms with Gasteiger partial charge in [0.1, 0.15) is 18.2 Å². The van der Waals surface area contributed by atoms with E-state index in [2.05, 4.69) is 0 Å². The second kappa shape index (κ2) is 5.31. The Hall–Kier alpha value is -2.36. The molecule has 0 aliphatic rings. The van der Waals surface area contributed by atoms with Gasteiger partial charge in [0.05, 0.1) is 5.56 Å². The summed E-state index contributed by atoms with van der Waals surface area (Å²) >= 11 is 0. The molecule has 0 amide bonds. The molecule has 2 aromatic rings. The molecule has 92 valence electrons. The Bertz CT molecular complexity index is 552. The van der Waals surface area contributed by atoms with Crippen molar-refractivity contribution in [2.75, 3.05) is 0 Å². The van der Waals surface area contributed by atoms with Gasteiger partial charge >= 0.3 is 5.97 Å². The van der Waals surface area contributed by atoms with Crippen LogP contribution in [-0.2, 0) is 6.61 Å². The fourth-order valence-corrected chi connectivity index (χ4v) is 1.51. The van der Waals surface area contributed by atoms with Crippen LogP contribution in [0.1, 0.15) is 15.9 Å². The van der Waals surface area contributed by atoms with Gasteiger partial charge in [0.15, 0.2) is 0 Å². The van der Waals surface area contributed by atoms with Crippen molar-refractivity contribution in [3.63, 3.8) is 0 Å². The van der Waals surface area contributed by atoms with Crippen molar-refractivity contribution in [1.29, 1.82) is 0 Å². The average Bonchev–Trinajstić information content (AvgIpc) is 2.37. The standard InChI is InChI=1S/C14H11FO3/c15-13-8-10(6-7-12(13)14(16)17)9-18-11-4-2-1-3-5-11/h1-8H,9H2,(H,16,17). The molecule has 18 heavy (non-hydrogen) atoms. The number of hydrogen-bond donors (Lipinski definition) is 1. The number of halogens is 1. The minimum absolute atomic E-state index is 0.195. The van der Waals surface area contributed by atoms with E-state index >= 15 is 0 Å². The number of rotatable bonds is 4. The van der Waals surface area contributed by atoms with Crippen LogP contribution in [-0.4, -0.2) is 11.1 Å².